The lowest BCUT2D eigenvalue weighted by molar-refractivity contribution is -0.148. The van der Waals surface area contributed by atoms with Crippen molar-refractivity contribution in [2.45, 2.75) is 49.8 Å². The predicted octanol–water partition coefficient (Wildman–Crippen LogP) is 3.05. The Morgan fingerprint density at radius 3 is 2.24 bits per heavy atom. The molecule has 8 heteroatoms. The molecule has 3 N–H and O–H groups in total. The number of fused-ring (bicyclic) bond motifs is 3. The van der Waals surface area contributed by atoms with Gasteiger partial charge in [-0.2, -0.15) is 0 Å². The normalized spacial score (nSPS) is 22.9. The van der Waals surface area contributed by atoms with Gasteiger partial charge in [-0.25, -0.2) is 9.59 Å². The van der Waals surface area contributed by atoms with Crippen LogP contribution >= 0.6 is 0 Å². The number of hydrogen-bond donors (Lipinski definition) is 3. The molecular formula is C26H28N2O6. The molecule has 0 bridgehead atoms. The summed E-state index contributed by atoms with van der Waals surface area (Å²) in [6, 6.07) is 15.5. The lowest BCUT2D eigenvalue weighted by Crippen LogP contribution is -2.61. The molecule has 8 nitrogen and oxygen atoms in total. The summed E-state index contributed by atoms with van der Waals surface area (Å²) >= 11 is 0. The van der Waals surface area contributed by atoms with Crippen LogP contribution in [0.1, 0.15) is 43.2 Å². The van der Waals surface area contributed by atoms with Crippen LogP contribution in [0.2, 0.25) is 0 Å². The second-order valence-corrected chi connectivity index (χ2v) is 9.43. The molecule has 2 aliphatic carbocycles. The van der Waals surface area contributed by atoms with Gasteiger partial charge in [0.1, 0.15) is 12.1 Å². The number of nitrogens with one attached hydrogen (secondary N) is 2. The van der Waals surface area contributed by atoms with E-state index in [0.29, 0.717) is 6.42 Å². The molecule has 0 radical (unpaired) electrons. The molecule has 3 aliphatic rings. The van der Waals surface area contributed by atoms with Gasteiger partial charge >= 0.3 is 12.1 Å². The van der Waals surface area contributed by atoms with E-state index < -0.39 is 35.7 Å². The summed E-state index contributed by atoms with van der Waals surface area (Å²) in [5, 5.41) is 14.9. The molecule has 1 saturated heterocycles. The van der Waals surface area contributed by atoms with Crippen LogP contribution in [0.4, 0.5) is 4.79 Å². The SMILES string of the molecule is CC(NC(=O)OCC1c2ccccc2-c2ccccc21)(C(=O)NC1CCOC1C(=O)O)C1CC1. The number of carboxylic acid groups (broad SMARTS) is 1. The van der Waals surface area contributed by atoms with Crippen molar-refractivity contribution >= 4 is 18.0 Å². The van der Waals surface area contributed by atoms with E-state index in [1.807, 2.05) is 36.4 Å². The Labute approximate surface area is 197 Å². The van der Waals surface area contributed by atoms with Crippen molar-refractivity contribution in [3.05, 3.63) is 59.7 Å². The molecule has 2 fully saturated rings. The van der Waals surface area contributed by atoms with Gasteiger partial charge in [0.05, 0.1) is 6.04 Å². The molecule has 3 unspecified atom stereocenters. The van der Waals surface area contributed by atoms with Crippen molar-refractivity contribution in [3.8, 4) is 11.1 Å². The van der Waals surface area contributed by atoms with Crippen LogP contribution in [0.3, 0.4) is 0 Å². The first-order valence-corrected chi connectivity index (χ1v) is 11.7. The van der Waals surface area contributed by atoms with Crippen LogP contribution in [-0.2, 0) is 19.1 Å². The smallest absolute Gasteiger partial charge is 0.408 e. The lowest BCUT2D eigenvalue weighted by atomic mass is 9.93. The van der Waals surface area contributed by atoms with Gasteiger partial charge in [0.25, 0.3) is 0 Å². The molecule has 0 spiro atoms. The minimum atomic E-state index is -1.19. The van der Waals surface area contributed by atoms with Crippen LogP contribution < -0.4 is 10.6 Å². The molecule has 2 amide bonds. The molecule has 2 aromatic rings. The van der Waals surface area contributed by atoms with Gasteiger partial charge in [0.15, 0.2) is 6.10 Å². The summed E-state index contributed by atoms with van der Waals surface area (Å²) in [5.41, 5.74) is 3.32. The summed E-state index contributed by atoms with van der Waals surface area (Å²) in [4.78, 5) is 37.4. The topological polar surface area (TPSA) is 114 Å². The molecule has 178 valence electrons. The fraction of sp³-hybridized carbons (Fsp3) is 0.423. The van der Waals surface area contributed by atoms with Gasteiger partial charge in [-0.15, -0.1) is 0 Å². The molecule has 34 heavy (non-hydrogen) atoms. The molecule has 1 saturated carbocycles. The molecule has 2 aromatic carbocycles. The number of ether oxygens (including phenoxy) is 2. The maximum absolute atomic E-state index is 13.2. The second-order valence-electron chi connectivity index (χ2n) is 9.43. The van der Waals surface area contributed by atoms with Gasteiger partial charge in [0.2, 0.25) is 5.91 Å². The average molecular weight is 465 g/mol. The number of alkyl carbamates (subject to hydrolysis) is 1. The Bertz CT molecular complexity index is 1080. The first-order chi connectivity index (χ1) is 16.4. The predicted molar refractivity (Wildman–Crippen MR) is 123 cm³/mol. The summed E-state index contributed by atoms with van der Waals surface area (Å²) in [5.74, 6) is -1.63. The van der Waals surface area contributed by atoms with Gasteiger partial charge in [-0.3, -0.25) is 4.79 Å². The van der Waals surface area contributed by atoms with Crippen molar-refractivity contribution in [1.82, 2.24) is 10.6 Å². The van der Waals surface area contributed by atoms with E-state index in [9.17, 15) is 19.5 Å². The molecular weight excluding hydrogens is 436 g/mol. The average Bonchev–Trinajstić information content (AvgIpc) is 3.51. The highest BCUT2D eigenvalue weighted by Gasteiger charge is 2.50. The van der Waals surface area contributed by atoms with Gasteiger partial charge < -0.3 is 25.2 Å². The Balaban J connectivity index is 1.26. The highest BCUT2D eigenvalue weighted by molar-refractivity contribution is 5.91. The maximum Gasteiger partial charge on any atom is 0.408 e. The summed E-state index contributed by atoms with van der Waals surface area (Å²) in [6.45, 7) is 2.09. The number of carbonyl (C=O) groups excluding carboxylic acids is 2. The largest absolute Gasteiger partial charge is 0.479 e. The van der Waals surface area contributed by atoms with Gasteiger partial charge in [-0.05, 0) is 54.4 Å². The van der Waals surface area contributed by atoms with E-state index in [-0.39, 0.29) is 25.0 Å². The maximum atomic E-state index is 13.2. The number of hydrogen-bond acceptors (Lipinski definition) is 5. The van der Waals surface area contributed by atoms with Crippen molar-refractivity contribution < 1.29 is 29.0 Å². The van der Waals surface area contributed by atoms with E-state index >= 15 is 0 Å². The standard InChI is InChI=1S/C26H28N2O6/c1-26(15-10-11-15,24(31)27-21-12-13-33-22(21)23(29)30)28-25(32)34-14-20-18-8-4-2-6-16(18)17-7-3-5-9-19(17)20/h2-9,15,20-22H,10-14H2,1H3,(H,27,31)(H,28,32)(H,29,30). The molecule has 1 heterocycles. The van der Waals surface area contributed by atoms with Crippen molar-refractivity contribution in [1.29, 1.82) is 0 Å². The van der Waals surface area contributed by atoms with Crippen LogP contribution in [0.5, 0.6) is 0 Å². The lowest BCUT2D eigenvalue weighted by Gasteiger charge is -2.31. The molecule has 3 atom stereocenters. The number of amides is 2. The summed E-state index contributed by atoms with van der Waals surface area (Å²) in [6.07, 6.45) is 0.272. The molecule has 1 aliphatic heterocycles. The van der Waals surface area contributed by atoms with Crippen molar-refractivity contribution in [2.75, 3.05) is 13.2 Å². The quantitative estimate of drug-likeness (QED) is 0.580. The van der Waals surface area contributed by atoms with E-state index in [1.165, 1.54) is 0 Å². The van der Waals surface area contributed by atoms with Crippen molar-refractivity contribution in [3.63, 3.8) is 0 Å². The monoisotopic (exact) mass is 464 g/mol. The Hall–Kier alpha value is -3.39. The van der Waals surface area contributed by atoms with Gasteiger partial charge in [0, 0.05) is 12.5 Å². The number of benzene rings is 2. The van der Waals surface area contributed by atoms with E-state index in [1.54, 1.807) is 6.92 Å². The zero-order valence-corrected chi connectivity index (χ0v) is 19.0. The summed E-state index contributed by atoms with van der Waals surface area (Å²) in [7, 11) is 0. The van der Waals surface area contributed by atoms with Crippen LogP contribution in [0.15, 0.2) is 48.5 Å². The minimum Gasteiger partial charge on any atom is -0.479 e. The van der Waals surface area contributed by atoms with Crippen LogP contribution in [0, 0.1) is 5.92 Å². The number of aliphatic carboxylic acids is 1. The zero-order chi connectivity index (χ0) is 23.9. The highest BCUT2D eigenvalue weighted by Crippen LogP contribution is 2.44. The Morgan fingerprint density at radius 2 is 1.65 bits per heavy atom. The van der Waals surface area contributed by atoms with Gasteiger partial charge in [-0.1, -0.05) is 48.5 Å². The van der Waals surface area contributed by atoms with E-state index in [4.69, 9.17) is 9.47 Å². The minimum absolute atomic E-state index is 0.0291. The highest BCUT2D eigenvalue weighted by atomic mass is 16.5. The Kier molecular flexibility index (Phi) is 5.77. The first-order valence-electron chi connectivity index (χ1n) is 11.7. The second kappa shape index (κ2) is 8.76. The van der Waals surface area contributed by atoms with E-state index in [2.05, 4.69) is 22.8 Å². The van der Waals surface area contributed by atoms with Crippen LogP contribution in [-0.4, -0.2) is 54.0 Å². The van der Waals surface area contributed by atoms with Crippen LogP contribution in [0.25, 0.3) is 11.1 Å². The molecule has 0 aromatic heterocycles. The summed E-state index contributed by atoms with van der Waals surface area (Å²) < 4.78 is 10.9. The third kappa shape index (κ3) is 4.03. The first kappa shape index (κ1) is 22.4. The fourth-order valence-electron chi connectivity index (χ4n) is 5.15. The third-order valence-corrected chi connectivity index (χ3v) is 7.22. The van der Waals surface area contributed by atoms with Crippen molar-refractivity contribution in [2.24, 2.45) is 5.92 Å². The third-order valence-electron chi connectivity index (χ3n) is 7.22. The number of rotatable bonds is 7. The number of carboxylic acids is 1. The number of carbonyl (C=O) groups is 3. The fourth-order valence-corrected chi connectivity index (χ4v) is 5.15. The molecule has 5 rings (SSSR count). The van der Waals surface area contributed by atoms with E-state index in [0.717, 1.165) is 35.1 Å². The zero-order valence-electron chi connectivity index (χ0n) is 19.0. The Morgan fingerprint density at radius 1 is 1.03 bits per heavy atom.